The zero-order valence-electron chi connectivity index (χ0n) is 15.2. The van der Waals surface area contributed by atoms with E-state index in [4.69, 9.17) is 5.73 Å². The van der Waals surface area contributed by atoms with E-state index in [0.29, 0.717) is 28.6 Å². The maximum Gasteiger partial charge on any atom is 0.419 e. The second-order valence-electron chi connectivity index (χ2n) is 6.57. The lowest BCUT2D eigenvalue weighted by atomic mass is 10.0. The van der Waals surface area contributed by atoms with Gasteiger partial charge in [-0.15, -0.1) is 0 Å². The summed E-state index contributed by atoms with van der Waals surface area (Å²) < 4.78 is 54.7. The van der Waals surface area contributed by atoms with Gasteiger partial charge in [0.05, 0.1) is 17.1 Å². The molecule has 0 unspecified atom stereocenters. The highest BCUT2D eigenvalue weighted by Gasteiger charge is 2.36. The summed E-state index contributed by atoms with van der Waals surface area (Å²) in [6.07, 6.45) is -4.84. The molecule has 0 radical (unpaired) electrons. The first-order valence-electron chi connectivity index (χ1n) is 8.34. The molecule has 0 saturated heterocycles. The minimum atomic E-state index is -4.84. The van der Waals surface area contributed by atoms with Crippen LogP contribution in [0.3, 0.4) is 0 Å². The molecule has 0 bridgehead atoms. The Labute approximate surface area is 167 Å². The van der Waals surface area contributed by atoms with Crippen LogP contribution in [-0.2, 0) is 6.18 Å². The number of nitrogens with two attached hydrogens (primary N) is 1. The third-order valence-electron chi connectivity index (χ3n) is 4.34. The average Bonchev–Trinajstić information content (AvgIpc) is 2.57. The smallest absolute Gasteiger partial charge is 0.399 e. The van der Waals surface area contributed by atoms with E-state index in [1.807, 2.05) is 19.1 Å². The number of aromatic nitrogens is 2. The average molecular weight is 457 g/mol. The fourth-order valence-corrected chi connectivity index (χ4v) is 3.30. The van der Waals surface area contributed by atoms with E-state index in [0.717, 1.165) is 10.0 Å². The predicted octanol–water partition coefficient (Wildman–Crippen LogP) is 5.92. The molecule has 148 valence electrons. The van der Waals surface area contributed by atoms with Gasteiger partial charge in [0.15, 0.2) is 0 Å². The van der Waals surface area contributed by atoms with Crippen molar-refractivity contribution in [1.82, 2.24) is 9.97 Å². The van der Waals surface area contributed by atoms with Crippen molar-refractivity contribution < 1.29 is 17.6 Å². The van der Waals surface area contributed by atoms with Gasteiger partial charge in [-0.1, -0.05) is 15.9 Å². The molecule has 2 aromatic carbocycles. The number of alkyl halides is 3. The number of halogens is 5. The highest BCUT2D eigenvalue weighted by molar-refractivity contribution is 9.10. The van der Waals surface area contributed by atoms with E-state index in [-0.39, 0.29) is 11.3 Å². The van der Waals surface area contributed by atoms with Crippen molar-refractivity contribution in [3.8, 4) is 0 Å². The minimum Gasteiger partial charge on any atom is -0.399 e. The van der Waals surface area contributed by atoms with Crippen molar-refractivity contribution in [2.45, 2.75) is 33.0 Å². The quantitative estimate of drug-likeness (QED) is 0.379. The number of rotatable bonds is 3. The molecule has 3 rings (SSSR count). The topological polar surface area (TPSA) is 63.8 Å². The molecule has 1 aromatic heterocycles. The fourth-order valence-electron chi connectivity index (χ4n) is 2.95. The molecule has 0 aliphatic carbocycles. The SMILES string of the molecule is Cc1nc(N[C@H](C)c2cc(N)cc(C(F)(F)F)c2F)c2cc(Br)c(C)cc2n1. The highest BCUT2D eigenvalue weighted by atomic mass is 79.9. The zero-order valence-corrected chi connectivity index (χ0v) is 16.8. The fraction of sp³-hybridized carbons (Fsp3) is 0.263. The summed E-state index contributed by atoms with van der Waals surface area (Å²) in [6, 6.07) is 4.65. The van der Waals surface area contributed by atoms with Crippen LogP contribution in [0.15, 0.2) is 28.7 Å². The molecule has 9 heteroatoms. The Morgan fingerprint density at radius 3 is 2.43 bits per heavy atom. The first kappa shape index (κ1) is 20.3. The molecule has 0 fully saturated rings. The summed E-state index contributed by atoms with van der Waals surface area (Å²) in [5, 5.41) is 3.66. The van der Waals surface area contributed by atoms with E-state index in [1.54, 1.807) is 13.8 Å². The van der Waals surface area contributed by atoms with E-state index >= 15 is 0 Å². The molecule has 0 aliphatic heterocycles. The first-order chi connectivity index (χ1) is 13.0. The number of fused-ring (bicyclic) bond motifs is 1. The van der Waals surface area contributed by atoms with E-state index < -0.39 is 23.6 Å². The van der Waals surface area contributed by atoms with E-state index in [2.05, 4.69) is 31.2 Å². The van der Waals surface area contributed by atoms with E-state index in [1.165, 1.54) is 6.07 Å². The standard InChI is InChI=1S/C19H17BrF4N4/c1-8-4-16-13(7-15(8)20)18(28-10(3)27-16)26-9(2)12-5-11(25)6-14(17(12)21)19(22,23)24/h4-7,9H,25H2,1-3H3,(H,26,27,28)/t9-/m1/s1. The lowest BCUT2D eigenvalue weighted by molar-refractivity contribution is -0.140. The zero-order chi connectivity index (χ0) is 20.8. The Balaban J connectivity index is 2.08. The van der Waals surface area contributed by atoms with Gasteiger partial charge in [0.2, 0.25) is 0 Å². The maximum atomic E-state index is 14.6. The largest absolute Gasteiger partial charge is 0.419 e. The number of hydrogen-bond donors (Lipinski definition) is 2. The van der Waals surface area contributed by atoms with E-state index in [9.17, 15) is 17.6 Å². The number of anilines is 2. The van der Waals surface area contributed by atoms with Gasteiger partial charge in [0, 0.05) is 21.1 Å². The van der Waals surface area contributed by atoms with Crippen LogP contribution < -0.4 is 11.1 Å². The molecule has 0 amide bonds. The minimum absolute atomic E-state index is 0.167. The number of aryl methyl sites for hydroxylation is 2. The Morgan fingerprint density at radius 1 is 1.11 bits per heavy atom. The molecule has 4 nitrogen and oxygen atoms in total. The molecule has 1 atom stereocenters. The van der Waals surface area contributed by atoms with Crippen molar-refractivity contribution in [2.24, 2.45) is 0 Å². The number of nitrogens with one attached hydrogen (secondary N) is 1. The van der Waals surface area contributed by atoms with Crippen LogP contribution in [-0.4, -0.2) is 9.97 Å². The van der Waals surface area contributed by atoms with Gasteiger partial charge in [-0.25, -0.2) is 14.4 Å². The Morgan fingerprint density at radius 2 is 1.79 bits per heavy atom. The van der Waals surface area contributed by atoms with Gasteiger partial charge in [-0.3, -0.25) is 0 Å². The predicted molar refractivity (Wildman–Crippen MR) is 105 cm³/mol. The molecular formula is C19H17BrF4N4. The summed E-state index contributed by atoms with van der Waals surface area (Å²) in [4.78, 5) is 8.72. The second kappa shape index (κ2) is 7.20. The van der Waals surface area contributed by atoms with Crippen LogP contribution in [0.1, 0.15) is 35.5 Å². The lowest BCUT2D eigenvalue weighted by Gasteiger charge is -2.20. The molecule has 1 heterocycles. The Hall–Kier alpha value is -2.42. The number of hydrogen-bond acceptors (Lipinski definition) is 4. The highest BCUT2D eigenvalue weighted by Crippen LogP contribution is 2.37. The lowest BCUT2D eigenvalue weighted by Crippen LogP contribution is -2.16. The Kier molecular flexibility index (Phi) is 5.22. The second-order valence-corrected chi connectivity index (χ2v) is 7.43. The molecule has 28 heavy (non-hydrogen) atoms. The molecule has 3 N–H and O–H groups in total. The van der Waals surface area contributed by atoms with Gasteiger partial charge in [-0.05, 0) is 50.6 Å². The summed E-state index contributed by atoms with van der Waals surface area (Å²) in [6.45, 7) is 5.16. The van der Waals surface area contributed by atoms with Crippen LogP contribution in [0.4, 0.5) is 29.1 Å². The van der Waals surface area contributed by atoms with Crippen LogP contribution in [0.2, 0.25) is 0 Å². The normalized spacial score (nSPS) is 13.0. The van der Waals surface area contributed by atoms with Crippen LogP contribution >= 0.6 is 15.9 Å². The number of nitrogens with zero attached hydrogens (tertiary/aromatic N) is 2. The number of nitrogen functional groups attached to an aromatic ring is 1. The van der Waals surface area contributed by atoms with Crippen LogP contribution in [0, 0.1) is 19.7 Å². The third-order valence-corrected chi connectivity index (χ3v) is 5.19. The summed E-state index contributed by atoms with van der Waals surface area (Å²) >= 11 is 3.45. The van der Waals surface area contributed by atoms with Gasteiger partial charge in [0.25, 0.3) is 0 Å². The van der Waals surface area contributed by atoms with Crippen molar-refractivity contribution in [3.63, 3.8) is 0 Å². The first-order valence-corrected chi connectivity index (χ1v) is 9.14. The molecule has 0 saturated carbocycles. The van der Waals surface area contributed by atoms with Gasteiger partial charge < -0.3 is 11.1 Å². The molecule has 3 aromatic rings. The van der Waals surface area contributed by atoms with Gasteiger partial charge in [-0.2, -0.15) is 13.2 Å². The molecule has 0 aliphatic rings. The summed E-state index contributed by atoms with van der Waals surface area (Å²) in [5.41, 5.74) is 5.48. The number of benzene rings is 2. The van der Waals surface area contributed by atoms with Crippen LogP contribution in [0.25, 0.3) is 10.9 Å². The van der Waals surface area contributed by atoms with Crippen molar-refractivity contribution in [3.05, 3.63) is 57.1 Å². The summed E-state index contributed by atoms with van der Waals surface area (Å²) in [7, 11) is 0. The Bertz CT molecular complexity index is 1070. The summed E-state index contributed by atoms with van der Waals surface area (Å²) in [5.74, 6) is -0.479. The van der Waals surface area contributed by atoms with Crippen molar-refractivity contribution in [1.29, 1.82) is 0 Å². The molecule has 0 spiro atoms. The van der Waals surface area contributed by atoms with Gasteiger partial charge in [0.1, 0.15) is 17.5 Å². The van der Waals surface area contributed by atoms with Gasteiger partial charge >= 0.3 is 6.18 Å². The monoisotopic (exact) mass is 456 g/mol. The van der Waals surface area contributed by atoms with Crippen molar-refractivity contribution >= 4 is 38.3 Å². The third kappa shape index (κ3) is 3.89. The van der Waals surface area contributed by atoms with Crippen molar-refractivity contribution in [2.75, 3.05) is 11.1 Å². The van der Waals surface area contributed by atoms with Crippen LogP contribution in [0.5, 0.6) is 0 Å². The molecular weight excluding hydrogens is 440 g/mol. The maximum absolute atomic E-state index is 14.6.